The minimum Gasteiger partial charge on any atom is -0.480 e. The topological polar surface area (TPSA) is 83.9 Å². The Kier molecular flexibility index (Phi) is 9.53. The quantitative estimate of drug-likeness (QED) is 0.353. The van der Waals surface area contributed by atoms with Gasteiger partial charge in [0.25, 0.3) is 0 Å². The standard InChI is InChI=1S/C22H34ClF4NO5S/c23-19-5-2-6-20(24)18(19)13-33-16-9-7-15(8-10-16)28(12-21(29)30)34(31,32)17-4-1-3-14(11-17)22(25,26)27/h14-20H,1-13H2,(H,29,30). The number of carbonyl (C=O) groups is 1. The van der Waals surface area contributed by atoms with Crippen molar-refractivity contribution >= 4 is 27.6 Å². The number of carboxylic acid groups (broad SMARTS) is 1. The van der Waals surface area contributed by atoms with Gasteiger partial charge in [0.1, 0.15) is 12.7 Å². The number of ether oxygens (including phenoxy) is 1. The van der Waals surface area contributed by atoms with Gasteiger partial charge in [-0.2, -0.15) is 17.5 Å². The second-order valence-corrected chi connectivity index (χ2v) is 12.6. The van der Waals surface area contributed by atoms with E-state index in [9.17, 15) is 35.9 Å². The van der Waals surface area contributed by atoms with Crippen LogP contribution in [0.5, 0.6) is 0 Å². The van der Waals surface area contributed by atoms with Gasteiger partial charge in [0, 0.05) is 17.3 Å². The molecule has 12 heteroatoms. The number of hydrogen-bond acceptors (Lipinski definition) is 4. The molecule has 0 aromatic heterocycles. The van der Waals surface area contributed by atoms with E-state index in [0.717, 1.165) is 17.1 Å². The van der Waals surface area contributed by atoms with Gasteiger partial charge in [-0.3, -0.25) is 4.79 Å². The Hall–Kier alpha value is -0.650. The van der Waals surface area contributed by atoms with E-state index in [2.05, 4.69) is 0 Å². The van der Waals surface area contributed by atoms with E-state index >= 15 is 0 Å². The number of hydrogen-bond donors (Lipinski definition) is 1. The van der Waals surface area contributed by atoms with Gasteiger partial charge in [0.05, 0.1) is 23.9 Å². The highest BCUT2D eigenvalue weighted by Gasteiger charge is 2.47. The lowest BCUT2D eigenvalue weighted by atomic mass is 9.87. The third kappa shape index (κ3) is 6.97. The van der Waals surface area contributed by atoms with Crippen LogP contribution in [0, 0.1) is 11.8 Å². The number of aliphatic carboxylic acids is 1. The lowest BCUT2D eigenvalue weighted by Crippen LogP contribution is -2.50. The molecule has 0 spiro atoms. The zero-order valence-electron chi connectivity index (χ0n) is 19.1. The van der Waals surface area contributed by atoms with Crippen LogP contribution >= 0.6 is 11.6 Å². The van der Waals surface area contributed by atoms with Crippen LogP contribution in [0.15, 0.2) is 0 Å². The molecule has 198 valence electrons. The Morgan fingerprint density at radius 1 is 1.03 bits per heavy atom. The molecule has 5 atom stereocenters. The first-order valence-corrected chi connectivity index (χ1v) is 14.0. The summed E-state index contributed by atoms with van der Waals surface area (Å²) in [6.07, 6.45) is -2.59. The first-order chi connectivity index (χ1) is 15.9. The Morgan fingerprint density at radius 3 is 2.26 bits per heavy atom. The largest absolute Gasteiger partial charge is 0.480 e. The van der Waals surface area contributed by atoms with Gasteiger partial charge in [-0.15, -0.1) is 11.6 Å². The van der Waals surface area contributed by atoms with E-state index in [1.807, 2.05) is 0 Å². The van der Waals surface area contributed by atoms with Gasteiger partial charge in [-0.1, -0.05) is 6.42 Å². The third-order valence-electron chi connectivity index (χ3n) is 7.59. The van der Waals surface area contributed by atoms with Crippen molar-refractivity contribution in [2.45, 2.75) is 106 Å². The molecule has 0 heterocycles. The molecule has 3 saturated carbocycles. The van der Waals surface area contributed by atoms with E-state index in [-0.39, 0.29) is 43.3 Å². The van der Waals surface area contributed by atoms with E-state index in [1.165, 1.54) is 0 Å². The van der Waals surface area contributed by atoms with Crippen LogP contribution < -0.4 is 0 Å². The monoisotopic (exact) mass is 535 g/mol. The lowest BCUT2D eigenvalue weighted by molar-refractivity contribution is -0.181. The second kappa shape index (κ2) is 11.6. The van der Waals surface area contributed by atoms with Gasteiger partial charge in [0.15, 0.2) is 0 Å². The van der Waals surface area contributed by atoms with Crippen molar-refractivity contribution in [2.24, 2.45) is 11.8 Å². The molecule has 3 rings (SSSR count). The van der Waals surface area contributed by atoms with Crippen molar-refractivity contribution in [3.05, 3.63) is 0 Å². The Bertz CT molecular complexity index is 781. The van der Waals surface area contributed by atoms with E-state index in [0.29, 0.717) is 32.1 Å². The molecular weight excluding hydrogens is 502 g/mol. The molecule has 0 aliphatic heterocycles. The Balaban J connectivity index is 1.61. The summed E-state index contributed by atoms with van der Waals surface area (Å²) < 4.78 is 87.2. The minimum absolute atomic E-state index is 0.0921. The molecule has 3 aliphatic rings. The summed E-state index contributed by atoms with van der Waals surface area (Å²) >= 11 is 6.25. The lowest BCUT2D eigenvalue weighted by Gasteiger charge is -2.39. The normalized spacial score (nSPS) is 35.9. The molecule has 0 saturated heterocycles. The van der Waals surface area contributed by atoms with Crippen molar-refractivity contribution in [3.63, 3.8) is 0 Å². The number of sulfonamides is 1. The van der Waals surface area contributed by atoms with Crippen LogP contribution in [-0.2, 0) is 19.6 Å². The number of alkyl halides is 5. The van der Waals surface area contributed by atoms with E-state index in [1.54, 1.807) is 0 Å². The molecule has 5 unspecified atom stereocenters. The molecule has 3 aliphatic carbocycles. The summed E-state index contributed by atoms with van der Waals surface area (Å²) in [7, 11) is -4.23. The Labute approximate surface area is 203 Å². The molecule has 0 aromatic rings. The van der Waals surface area contributed by atoms with Crippen LogP contribution in [-0.4, -0.2) is 72.1 Å². The minimum atomic E-state index is -4.47. The van der Waals surface area contributed by atoms with Gasteiger partial charge in [0.2, 0.25) is 10.0 Å². The van der Waals surface area contributed by atoms with Crippen molar-refractivity contribution < 1.29 is 40.6 Å². The zero-order valence-corrected chi connectivity index (χ0v) is 20.6. The molecule has 34 heavy (non-hydrogen) atoms. The summed E-state index contributed by atoms with van der Waals surface area (Å²) in [6, 6.07) is -0.614. The summed E-state index contributed by atoms with van der Waals surface area (Å²) in [5.41, 5.74) is 0. The molecule has 1 N–H and O–H groups in total. The van der Waals surface area contributed by atoms with Crippen LogP contribution in [0.2, 0.25) is 0 Å². The highest BCUT2D eigenvalue weighted by atomic mass is 35.5. The molecular formula is C22H34ClF4NO5S. The highest BCUT2D eigenvalue weighted by molar-refractivity contribution is 7.89. The predicted molar refractivity (Wildman–Crippen MR) is 119 cm³/mol. The maximum absolute atomic E-state index is 14.2. The summed E-state index contributed by atoms with van der Waals surface area (Å²) in [5, 5.41) is 7.80. The zero-order chi connectivity index (χ0) is 25.1. The molecule has 6 nitrogen and oxygen atoms in total. The Morgan fingerprint density at radius 2 is 1.68 bits per heavy atom. The van der Waals surface area contributed by atoms with Crippen LogP contribution in [0.1, 0.15) is 70.6 Å². The smallest absolute Gasteiger partial charge is 0.391 e. The number of carboxylic acids is 1. The summed E-state index contributed by atoms with van der Waals surface area (Å²) in [6.45, 7) is -0.589. The fraction of sp³-hybridized carbons (Fsp3) is 0.955. The summed E-state index contributed by atoms with van der Waals surface area (Å²) in [4.78, 5) is 11.4. The van der Waals surface area contributed by atoms with E-state index < -0.39 is 58.5 Å². The van der Waals surface area contributed by atoms with Crippen molar-refractivity contribution in [2.75, 3.05) is 13.2 Å². The fourth-order valence-corrected chi connectivity index (χ4v) is 8.21. The van der Waals surface area contributed by atoms with Crippen LogP contribution in [0.25, 0.3) is 0 Å². The van der Waals surface area contributed by atoms with Crippen molar-refractivity contribution in [1.82, 2.24) is 4.31 Å². The predicted octanol–water partition coefficient (Wildman–Crippen LogP) is 4.90. The number of nitrogens with zero attached hydrogens (tertiary/aromatic N) is 1. The molecule has 3 fully saturated rings. The third-order valence-corrected chi connectivity index (χ3v) is 10.5. The molecule has 0 bridgehead atoms. The first-order valence-electron chi connectivity index (χ1n) is 12.1. The van der Waals surface area contributed by atoms with Gasteiger partial charge < -0.3 is 9.84 Å². The van der Waals surface area contributed by atoms with Gasteiger partial charge in [-0.25, -0.2) is 12.8 Å². The first kappa shape index (κ1) is 27.9. The van der Waals surface area contributed by atoms with Crippen LogP contribution in [0.4, 0.5) is 17.6 Å². The SMILES string of the molecule is O=C(O)CN(C1CCC(OCC2C(F)CCCC2Cl)CC1)S(=O)(=O)C1CCCC(C(F)(F)F)C1. The maximum Gasteiger partial charge on any atom is 0.391 e. The average molecular weight is 536 g/mol. The van der Waals surface area contributed by atoms with Crippen molar-refractivity contribution in [1.29, 1.82) is 0 Å². The molecule has 0 aromatic carbocycles. The van der Waals surface area contributed by atoms with Gasteiger partial charge >= 0.3 is 12.1 Å². The summed E-state index contributed by atoms with van der Waals surface area (Å²) in [5.74, 6) is -3.42. The molecule has 0 radical (unpaired) electrons. The van der Waals surface area contributed by atoms with Gasteiger partial charge in [-0.05, 0) is 64.2 Å². The number of rotatable bonds is 8. The fourth-order valence-electron chi connectivity index (χ4n) is 5.58. The maximum atomic E-state index is 14.2. The van der Waals surface area contributed by atoms with Crippen molar-refractivity contribution in [3.8, 4) is 0 Å². The highest BCUT2D eigenvalue weighted by Crippen LogP contribution is 2.41. The number of halogens is 5. The second-order valence-electron chi connectivity index (χ2n) is 9.90. The van der Waals surface area contributed by atoms with Crippen LogP contribution in [0.3, 0.4) is 0 Å². The van der Waals surface area contributed by atoms with E-state index in [4.69, 9.17) is 16.3 Å². The molecule has 0 amide bonds. The average Bonchev–Trinajstić information content (AvgIpc) is 2.77.